The number of morpholine rings is 1. The molecule has 1 fully saturated rings. The summed E-state index contributed by atoms with van der Waals surface area (Å²) in [5, 5.41) is 3.22. The molecule has 1 aromatic rings. The number of thioether (sulfide) groups is 1. The van der Waals surface area contributed by atoms with Crippen molar-refractivity contribution in [1.82, 2.24) is 10.2 Å². The molecule has 1 aromatic carbocycles. The molecule has 0 aromatic heterocycles. The van der Waals surface area contributed by atoms with Crippen molar-refractivity contribution >= 4 is 17.7 Å². The van der Waals surface area contributed by atoms with Crippen LogP contribution in [-0.2, 0) is 16.1 Å². The summed E-state index contributed by atoms with van der Waals surface area (Å²) in [6, 6.07) is 8.50. The van der Waals surface area contributed by atoms with E-state index in [4.69, 9.17) is 4.74 Å². The number of carbonyl (C=O) groups is 1. The minimum absolute atomic E-state index is 0.0757. The summed E-state index contributed by atoms with van der Waals surface area (Å²) in [4.78, 5) is 15.8. The highest BCUT2D eigenvalue weighted by Crippen LogP contribution is 2.18. The summed E-state index contributed by atoms with van der Waals surface area (Å²) in [5.74, 6) is 0.0757. The van der Waals surface area contributed by atoms with Crippen molar-refractivity contribution in [2.24, 2.45) is 0 Å². The molecule has 2 rings (SSSR count). The van der Waals surface area contributed by atoms with E-state index in [2.05, 4.69) is 29.8 Å². The van der Waals surface area contributed by atoms with Crippen molar-refractivity contribution < 1.29 is 9.53 Å². The maximum Gasteiger partial charge on any atom is 0.253 e. The zero-order valence-corrected chi connectivity index (χ0v) is 13.8. The van der Waals surface area contributed by atoms with Gasteiger partial charge in [-0.2, -0.15) is 0 Å². The molecular weight excluding hydrogens is 284 g/mol. The van der Waals surface area contributed by atoms with Gasteiger partial charge in [-0.25, -0.2) is 0 Å². The molecule has 116 valence electrons. The molecule has 1 aliphatic heterocycles. The minimum Gasteiger partial charge on any atom is -0.366 e. The molecule has 1 atom stereocenters. The topological polar surface area (TPSA) is 41.6 Å². The Hall–Kier alpha value is -1.04. The third kappa shape index (κ3) is 4.46. The van der Waals surface area contributed by atoms with E-state index in [9.17, 15) is 4.79 Å². The number of rotatable bonds is 5. The summed E-state index contributed by atoms with van der Waals surface area (Å²) < 4.78 is 5.60. The number of benzene rings is 1. The van der Waals surface area contributed by atoms with Crippen LogP contribution >= 0.6 is 11.8 Å². The third-order valence-corrected chi connectivity index (χ3v) is 4.32. The Balaban J connectivity index is 2.09. The average molecular weight is 308 g/mol. The van der Waals surface area contributed by atoms with Crippen molar-refractivity contribution in [2.75, 3.05) is 26.0 Å². The predicted molar refractivity (Wildman–Crippen MR) is 86.5 cm³/mol. The van der Waals surface area contributed by atoms with Gasteiger partial charge in [-0.1, -0.05) is 12.1 Å². The highest BCUT2D eigenvalue weighted by Gasteiger charge is 2.28. The monoisotopic (exact) mass is 308 g/mol. The van der Waals surface area contributed by atoms with Crippen molar-refractivity contribution in [2.45, 2.75) is 37.4 Å². The number of carbonyl (C=O) groups excluding carboxylic acids is 1. The molecule has 21 heavy (non-hydrogen) atoms. The average Bonchev–Trinajstić information content (AvgIpc) is 2.52. The van der Waals surface area contributed by atoms with Crippen molar-refractivity contribution in [3.05, 3.63) is 29.8 Å². The summed E-state index contributed by atoms with van der Waals surface area (Å²) in [5.41, 5.74) is 1.16. The molecule has 1 heterocycles. The maximum absolute atomic E-state index is 12.7. The van der Waals surface area contributed by atoms with Crippen LogP contribution < -0.4 is 5.32 Å². The van der Waals surface area contributed by atoms with E-state index in [-0.39, 0.29) is 18.1 Å². The van der Waals surface area contributed by atoms with Crippen LogP contribution in [0.1, 0.15) is 19.4 Å². The van der Waals surface area contributed by atoms with Gasteiger partial charge < -0.3 is 15.0 Å². The third-order valence-electron chi connectivity index (χ3n) is 3.60. The smallest absolute Gasteiger partial charge is 0.253 e. The van der Waals surface area contributed by atoms with E-state index in [1.165, 1.54) is 4.90 Å². The van der Waals surface area contributed by atoms with Gasteiger partial charge in [-0.3, -0.25) is 4.79 Å². The molecule has 1 amide bonds. The fraction of sp³-hybridized carbons (Fsp3) is 0.562. The molecule has 4 nitrogen and oxygen atoms in total. The van der Waals surface area contributed by atoms with Crippen molar-refractivity contribution in [3.63, 3.8) is 0 Å². The highest BCUT2D eigenvalue weighted by atomic mass is 32.2. The van der Waals surface area contributed by atoms with Gasteiger partial charge in [0.05, 0.1) is 6.61 Å². The molecule has 0 aliphatic carbocycles. The zero-order chi connectivity index (χ0) is 15.2. The highest BCUT2D eigenvalue weighted by molar-refractivity contribution is 7.98. The maximum atomic E-state index is 12.7. The van der Waals surface area contributed by atoms with Gasteiger partial charge in [0.15, 0.2) is 0 Å². The second-order valence-corrected chi connectivity index (χ2v) is 6.35. The Morgan fingerprint density at radius 2 is 2.33 bits per heavy atom. The minimum atomic E-state index is -0.357. The van der Waals surface area contributed by atoms with E-state index in [1.807, 2.05) is 24.8 Å². The first kappa shape index (κ1) is 16.3. The lowest BCUT2D eigenvalue weighted by Crippen LogP contribution is -2.51. The molecule has 5 heteroatoms. The summed E-state index contributed by atoms with van der Waals surface area (Å²) in [6.07, 6.45) is 1.70. The SMILES string of the molecule is CSc1cccc(CN(C(=O)C2CNCCO2)C(C)C)c1. The second-order valence-electron chi connectivity index (χ2n) is 5.47. The Morgan fingerprint density at radius 3 is 2.95 bits per heavy atom. The number of hydrogen-bond donors (Lipinski definition) is 1. The van der Waals surface area contributed by atoms with Gasteiger partial charge >= 0.3 is 0 Å². The lowest BCUT2D eigenvalue weighted by molar-refractivity contribution is -0.147. The molecular formula is C16H24N2O2S. The fourth-order valence-corrected chi connectivity index (χ4v) is 2.88. The van der Waals surface area contributed by atoms with Gasteiger partial charge in [0.2, 0.25) is 0 Å². The van der Waals surface area contributed by atoms with Gasteiger partial charge in [0.1, 0.15) is 6.10 Å². The van der Waals surface area contributed by atoms with E-state index in [0.717, 1.165) is 12.1 Å². The number of nitrogens with one attached hydrogen (secondary N) is 1. The molecule has 0 spiro atoms. The van der Waals surface area contributed by atoms with Crippen LogP contribution in [0, 0.1) is 0 Å². The summed E-state index contributed by atoms with van der Waals surface area (Å²) >= 11 is 1.72. The van der Waals surface area contributed by atoms with E-state index >= 15 is 0 Å². The standard InChI is InChI=1S/C16H24N2O2S/c1-12(2)18(16(19)15-10-17-7-8-20-15)11-13-5-4-6-14(9-13)21-3/h4-6,9,12,15,17H,7-8,10-11H2,1-3H3. The largest absolute Gasteiger partial charge is 0.366 e. The van der Waals surface area contributed by atoms with Gasteiger partial charge in [0.25, 0.3) is 5.91 Å². The van der Waals surface area contributed by atoms with Gasteiger partial charge in [-0.05, 0) is 37.8 Å². The normalized spacial score (nSPS) is 18.8. The molecule has 0 bridgehead atoms. The first-order valence-corrected chi connectivity index (χ1v) is 8.60. The predicted octanol–water partition coefficient (Wildman–Crippen LogP) is 2.13. The van der Waals surface area contributed by atoms with Gasteiger partial charge in [0, 0.05) is 30.6 Å². The molecule has 0 saturated carbocycles. The lowest BCUT2D eigenvalue weighted by Gasteiger charge is -2.32. The molecule has 1 N–H and O–H groups in total. The quantitative estimate of drug-likeness (QED) is 0.846. The van der Waals surface area contributed by atoms with Crippen molar-refractivity contribution in [1.29, 1.82) is 0 Å². The number of ether oxygens (including phenoxy) is 1. The Bertz CT molecular complexity index is 473. The van der Waals surface area contributed by atoms with Crippen LogP contribution in [0.5, 0.6) is 0 Å². The zero-order valence-electron chi connectivity index (χ0n) is 13.0. The van der Waals surface area contributed by atoms with Gasteiger partial charge in [-0.15, -0.1) is 11.8 Å². The van der Waals surface area contributed by atoms with Crippen LogP contribution in [0.4, 0.5) is 0 Å². The Kier molecular flexibility index (Phi) is 6.08. The van der Waals surface area contributed by atoms with Crippen LogP contribution in [0.25, 0.3) is 0 Å². The van der Waals surface area contributed by atoms with Crippen LogP contribution in [0.3, 0.4) is 0 Å². The molecule has 0 radical (unpaired) electrons. The van der Waals surface area contributed by atoms with Crippen LogP contribution in [-0.4, -0.2) is 48.9 Å². The Labute approximate surface area is 131 Å². The molecule has 1 saturated heterocycles. The first-order valence-electron chi connectivity index (χ1n) is 7.37. The lowest BCUT2D eigenvalue weighted by atomic mass is 10.1. The van der Waals surface area contributed by atoms with Crippen molar-refractivity contribution in [3.8, 4) is 0 Å². The number of hydrogen-bond acceptors (Lipinski definition) is 4. The van der Waals surface area contributed by atoms with E-state index in [0.29, 0.717) is 19.7 Å². The van der Waals surface area contributed by atoms with Crippen LogP contribution in [0.2, 0.25) is 0 Å². The molecule has 1 aliphatic rings. The van der Waals surface area contributed by atoms with Crippen LogP contribution in [0.15, 0.2) is 29.2 Å². The molecule has 1 unspecified atom stereocenters. The number of amides is 1. The fourth-order valence-electron chi connectivity index (χ4n) is 2.39. The number of nitrogens with zero attached hydrogens (tertiary/aromatic N) is 1. The van der Waals surface area contributed by atoms with E-state index < -0.39 is 0 Å². The summed E-state index contributed by atoms with van der Waals surface area (Å²) in [7, 11) is 0. The second kappa shape index (κ2) is 7.82. The summed E-state index contributed by atoms with van der Waals surface area (Å²) in [6.45, 7) is 6.75. The first-order chi connectivity index (χ1) is 10.1. The Morgan fingerprint density at radius 1 is 1.52 bits per heavy atom. The van der Waals surface area contributed by atoms with E-state index in [1.54, 1.807) is 11.8 Å².